The summed E-state index contributed by atoms with van der Waals surface area (Å²) >= 11 is 10.9. The fraction of sp³-hybridized carbons (Fsp3) is 0.100. The predicted molar refractivity (Wildman–Crippen MR) is 65.0 cm³/mol. The van der Waals surface area contributed by atoms with Gasteiger partial charge in [-0.25, -0.2) is 4.79 Å². The van der Waals surface area contributed by atoms with E-state index < -0.39 is 13.6 Å². The number of hydrogen-bond donors (Lipinski definition) is 0. The average Bonchev–Trinajstić information content (AvgIpc) is 2.18. The molecule has 0 saturated heterocycles. The molecule has 1 aromatic rings. The third-order valence-corrected chi connectivity index (χ3v) is 2.63. The predicted octanol–water partition coefficient (Wildman–Crippen LogP) is 2.83. The van der Waals surface area contributed by atoms with Crippen molar-refractivity contribution in [2.24, 2.45) is 0 Å². The van der Waals surface area contributed by atoms with Crippen LogP contribution >= 0.6 is 22.2 Å². The Bertz CT molecular complexity index is 363. The van der Waals surface area contributed by atoms with Crippen LogP contribution in [0.15, 0.2) is 35.9 Å². The van der Waals surface area contributed by atoms with E-state index in [2.05, 4.69) is 0 Å². The lowest BCUT2D eigenvalue weighted by molar-refractivity contribution is -0.129. The summed E-state index contributed by atoms with van der Waals surface area (Å²) in [6.07, 6.45) is 1.73. The van der Waals surface area contributed by atoms with Crippen molar-refractivity contribution in [1.82, 2.24) is 0 Å². The minimum absolute atomic E-state index is 0.458. The first-order valence-corrected chi connectivity index (χ1v) is 8.28. The Morgan fingerprint density at radius 3 is 2.47 bits per heavy atom. The van der Waals surface area contributed by atoms with Crippen LogP contribution in [0.3, 0.4) is 0 Å². The first-order chi connectivity index (χ1) is 7.09. The van der Waals surface area contributed by atoms with Gasteiger partial charge in [-0.15, -0.1) is 22.2 Å². The van der Waals surface area contributed by atoms with Crippen LogP contribution in [0.2, 0.25) is 0 Å². The summed E-state index contributed by atoms with van der Waals surface area (Å²) in [5.41, 5.74) is 1.43. The highest BCUT2D eigenvalue weighted by molar-refractivity contribution is 7.31. The molecule has 1 rings (SSSR count). The van der Waals surface area contributed by atoms with Crippen molar-refractivity contribution in [3.05, 3.63) is 41.5 Å². The quantitative estimate of drug-likeness (QED) is 0.475. The third kappa shape index (κ3) is 4.51. The molecule has 0 N–H and O–H groups in total. The van der Waals surface area contributed by atoms with E-state index in [9.17, 15) is 4.79 Å². The molecule has 0 saturated carbocycles. The number of benzene rings is 1. The van der Waals surface area contributed by atoms with Crippen LogP contribution < -0.4 is 0 Å². The lowest BCUT2D eigenvalue weighted by Crippen LogP contribution is -2.12. The van der Waals surface area contributed by atoms with E-state index in [0.29, 0.717) is 5.57 Å². The summed E-state index contributed by atoms with van der Waals surface area (Å²) in [5, 5.41) is 0. The van der Waals surface area contributed by atoms with E-state index in [-0.39, 0.29) is 0 Å². The number of hydrogen-bond acceptors (Lipinski definition) is 2. The molecule has 5 heteroatoms. The van der Waals surface area contributed by atoms with E-state index in [1.54, 1.807) is 13.0 Å². The number of halogens is 2. The molecule has 2 nitrogen and oxygen atoms in total. The highest BCUT2D eigenvalue weighted by atomic mass is 35.7. The minimum Gasteiger partial charge on any atom is -0.490 e. The maximum absolute atomic E-state index is 11.3. The molecule has 0 fully saturated rings. The second kappa shape index (κ2) is 5.95. The van der Waals surface area contributed by atoms with E-state index in [1.807, 2.05) is 30.3 Å². The Morgan fingerprint density at radius 2 is 1.93 bits per heavy atom. The van der Waals surface area contributed by atoms with Crippen molar-refractivity contribution in [2.75, 3.05) is 0 Å². The molecule has 0 spiro atoms. The van der Waals surface area contributed by atoms with Crippen molar-refractivity contribution in [3.63, 3.8) is 0 Å². The van der Waals surface area contributed by atoms with E-state index >= 15 is 0 Å². The van der Waals surface area contributed by atoms with E-state index in [4.69, 9.17) is 26.6 Å². The summed E-state index contributed by atoms with van der Waals surface area (Å²) in [4.78, 5) is 11.3. The normalized spacial score (nSPS) is 11.6. The van der Waals surface area contributed by atoms with Crippen LogP contribution in [-0.2, 0) is 9.22 Å². The van der Waals surface area contributed by atoms with Crippen LogP contribution in [0.4, 0.5) is 0 Å². The Kier molecular flexibility index (Phi) is 4.88. The summed E-state index contributed by atoms with van der Waals surface area (Å²) in [6, 6.07) is 9.49. The lowest BCUT2D eigenvalue weighted by Gasteiger charge is -2.03. The highest BCUT2D eigenvalue weighted by Crippen LogP contribution is 2.09. The molecule has 1 aromatic carbocycles. The topological polar surface area (TPSA) is 26.3 Å². The Labute approximate surface area is 99.6 Å². The molecular weight excluding hydrogens is 251 g/mol. The fourth-order valence-corrected chi connectivity index (χ4v) is 1.87. The zero-order valence-electron chi connectivity index (χ0n) is 8.11. The largest absolute Gasteiger partial charge is 0.490 e. The van der Waals surface area contributed by atoms with Crippen LogP contribution in [0.5, 0.6) is 0 Å². The summed E-state index contributed by atoms with van der Waals surface area (Å²) in [5.74, 6) is -0.458. The number of carbonyl (C=O) groups is 1. The van der Waals surface area contributed by atoms with Gasteiger partial charge < -0.3 is 4.43 Å². The Morgan fingerprint density at radius 1 is 1.33 bits per heavy atom. The zero-order valence-corrected chi connectivity index (χ0v) is 10.8. The van der Waals surface area contributed by atoms with Crippen LogP contribution in [0, 0.1) is 0 Å². The first kappa shape index (κ1) is 12.3. The van der Waals surface area contributed by atoms with Gasteiger partial charge in [-0.3, -0.25) is 0 Å². The SMILES string of the molecule is CC(=Cc1ccccc1)C(=O)O[SiH](Cl)Cl. The fourth-order valence-electron chi connectivity index (χ4n) is 1.03. The molecule has 0 aliphatic carbocycles. The van der Waals surface area contributed by atoms with Gasteiger partial charge in [0.15, 0.2) is 0 Å². The lowest BCUT2D eigenvalue weighted by atomic mass is 10.1. The molecule has 0 aliphatic rings. The van der Waals surface area contributed by atoms with Gasteiger partial charge >= 0.3 is 13.6 Å². The molecule has 0 bridgehead atoms. The van der Waals surface area contributed by atoms with Gasteiger partial charge in [-0.2, -0.15) is 0 Å². The van der Waals surface area contributed by atoms with Gasteiger partial charge in [-0.05, 0) is 18.6 Å². The van der Waals surface area contributed by atoms with Crippen molar-refractivity contribution in [1.29, 1.82) is 0 Å². The number of rotatable bonds is 3. The standard InChI is InChI=1S/C10H10Cl2O2Si/c1-8(10(13)14-15(11)12)7-9-5-3-2-4-6-9/h2-7,15H,1H3. The van der Waals surface area contributed by atoms with E-state index in [1.165, 1.54) is 0 Å². The monoisotopic (exact) mass is 260 g/mol. The van der Waals surface area contributed by atoms with Crippen molar-refractivity contribution < 1.29 is 9.22 Å². The van der Waals surface area contributed by atoms with E-state index in [0.717, 1.165) is 5.56 Å². The second-order valence-electron chi connectivity index (χ2n) is 2.90. The van der Waals surface area contributed by atoms with Gasteiger partial charge in [0.25, 0.3) is 0 Å². The summed E-state index contributed by atoms with van der Waals surface area (Å²) in [7, 11) is -2.34. The molecule has 0 heterocycles. The van der Waals surface area contributed by atoms with Crippen molar-refractivity contribution in [3.8, 4) is 0 Å². The van der Waals surface area contributed by atoms with Crippen molar-refractivity contribution >= 4 is 41.9 Å². The molecule has 0 amide bonds. The molecule has 0 unspecified atom stereocenters. The van der Waals surface area contributed by atoms with Gasteiger partial charge in [0.1, 0.15) is 0 Å². The Hall–Kier alpha value is -0.773. The van der Waals surface area contributed by atoms with Gasteiger partial charge in [0.2, 0.25) is 0 Å². The molecular formula is C10H10Cl2O2Si. The molecule has 0 aromatic heterocycles. The highest BCUT2D eigenvalue weighted by Gasteiger charge is 2.11. The molecule has 15 heavy (non-hydrogen) atoms. The minimum atomic E-state index is -2.34. The van der Waals surface area contributed by atoms with Crippen LogP contribution in [0.1, 0.15) is 12.5 Å². The van der Waals surface area contributed by atoms with Gasteiger partial charge in [-0.1, -0.05) is 30.3 Å². The van der Waals surface area contributed by atoms with Gasteiger partial charge in [0.05, 0.1) is 0 Å². The Balaban J connectivity index is 2.72. The molecule has 0 aliphatic heterocycles. The molecule has 0 atom stereocenters. The smallest absolute Gasteiger partial charge is 0.435 e. The maximum atomic E-state index is 11.3. The summed E-state index contributed by atoms with van der Waals surface area (Å²) in [6.45, 7) is 1.67. The molecule has 0 radical (unpaired) electrons. The maximum Gasteiger partial charge on any atom is 0.435 e. The van der Waals surface area contributed by atoms with Crippen LogP contribution in [0.25, 0.3) is 6.08 Å². The average molecular weight is 261 g/mol. The molecule has 80 valence electrons. The zero-order chi connectivity index (χ0) is 11.3. The van der Waals surface area contributed by atoms with Crippen molar-refractivity contribution in [2.45, 2.75) is 6.92 Å². The third-order valence-electron chi connectivity index (χ3n) is 1.70. The summed E-state index contributed by atoms with van der Waals surface area (Å²) < 4.78 is 4.75. The number of carbonyl (C=O) groups excluding carboxylic acids is 1. The second-order valence-corrected chi connectivity index (χ2v) is 6.71. The van der Waals surface area contributed by atoms with Gasteiger partial charge in [0, 0.05) is 5.57 Å². The van der Waals surface area contributed by atoms with Crippen LogP contribution in [-0.4, -0.2) is 13.6 Å². The first-order valence-electron chi connectivity index (χ1n) is 4.32.